The maximum atomic E-state index is 12.9. The quantitative estimate of drug-likeness (QED) is 0.195. The van der Waals surface area contributed by atoms with Crippen molar-refractivity contribution in [3.8, 4) is 0 Å². The van der Waals surface area contributed by atoms with Gasteiger partial charge >= 0.3 is 0 Å². The number of hydrogen-bond acceptors (Lipinski definition) is 11. The normalized spacial score (nSPS) is 38.4. The Kier molecular flexibility index (Phi) is 8.50. The summed E-state index contributed by atoms with van der Waals surface area (Å²) >= 11 is 0. The van der Waals surface area contributed by atoms with E-state index in [2.05, 4.69) is 5.32 Å². The van der Waals surface area contributed by atoms with E-state index in [1.165, 1.54) is 0 Å². The van der Waals surface area contributed by atoms with Gasteiger partial charge in [-0.15, -0.1) is 0 Å². The summed E-state index contributed by atoms with van der Waals surface area (Å²) < 4.78 is 11.3. The number of ether oxygens (including phenoxy) is 2. The van der Waals surface area contributed by atoms with Gasteiger partial charge in [0.05, 0.1) is 31.0 Å². The molecule has 1 heterocycles. The van der Waals surface area contributed by atoms with Crippen LogP contribution in [0.4, 0.5) is 5.69 Å². The van der Waals surface area contributed by atoms with Crippen LogP contribution < -0.4 is 10.2 Å². The fourth-order valence-corrected chi connectivity index (χ4v) is 4.26. The zero-order valence-corrected chi connectivity index (χ0v) is 19.1. The minimum atomic E-state index is -1.72. The van der Waals surface area contributed by atoms with Crippen LogP contribution in [0.25, 0.3) is 0 Å². The maximum absolute atomic E-state index is 12.9. The molecule has 34 heavy (non-hydrogen) atoms. The van der Waals surface area contributed by atoms with Gasteiger partial charge in [0.2, 0.25) is 0 Å². The Hall–Kier alpha value is -1.87. The summed E-state index contributed by atoms with van der Waals surface area (Å²) in [5.74, 6) is -0.600. The van der Waals surface area contributed by atoms with Crippen molar-refractivity contribution in [2.24, 2.45) is 0 Å². The molecular formula is C22H34N2O10. The van der Waals surface area contributed by atoms with E-state index in [9.17, 15) is 40.5 Å². The third-order valence-electron chi connectivity index (χ3n) is 6.37. The molecule has 0 radical (unpaired) electrons. The summed E-state index contributed by atoms with van der Waals surface area (Å²) in [5, 5.41) is 73.5. The molecule has 9 atom stereocenters. The predicted octanol–water partition coefficient (Wildman–Crippen LogP) is -3.09. The molecule has 3 rings (SSSR count). The molecule has 1 saturated heterocycles. The summed E-state index contributed by atoms with van der Waals surface area (Å²) in [6.45, 7) is -1.35. The van der Waals surface area contributed by atoms with Crippen LogP contribution >= 0.6 is 0 Å². The first kappa shape index (κ1) is 26.7. The van der Waals surface area contributed by atoms with Crippen LogP contribution in [0.3, 0.4) is 0 Å². The Balaban J connectivity index is 1.81. The van der Waals surface area contributed by atoms with Gasteiger partial charge in [0, 0.05) is 38.2 Å². The molecule has 1 aliphatic carbocycles. The van der Waals surface area contributed by atoms with Crippen molar-refractivity contribution in [1.29, 1.82) is 0 Å². The first-order chi connectivity index (χ1) is 16.0. The second-order valence-corrected chi connectivity index (χ2v) is 9.17. The van der Waals surface area contributed by atoms with Crippen LogP contribution in [0.5, 0.6) is 0 Å². The van der Waals surface area contributed by atoms with E-state index in [0.717, 1.165) is 5.69 Å². The molecule has 12 heteroatoms. The monoisotopic (exact) mass is 486 g/mol. The highest BCUT2D eigenvalue weighted by atomic mass is 16.7. The number of benzene rings is 1. The van der Waals surface area contributed by atoms with Crippen molar-refractivity contribution in [2.75, 3.05) is 32.2 Å². The van der Waals surface area contributed by atoms with Crippen molar-refractivity contribution >= 4 is 11.6 Å². The van der Waals surface area contributed by atoms with Crippen LogP contribution in [-0.4, -0.2) is 124 Å². The molecule has 0 spiro atoms. The summed E-state index contributed by atoms with van der Waals surface area (Å²) in [5.41, 5.74) is -0.598. The Labute approximate surface area is 197 Å². The molecule has 192 valence electrons. The average Bonchev–Trinajstić information content (AvgIpc) is 2.81. The zero-order chi connectivity index (χ0) is 25.2. The number of aliphatic hydroxyl groups excluding tert-OH is 6. The number of carbonyl (C=O) groups is 1. The topological polar surface area (TPSA) is 192 Å². The highest BCUT2D eigenvalue weighted by Gasteiger charge is 2.50. The number of amides is 1. The second-order valence-electron chi connectivity index (χ2n) is 9.17. The standard InChI is InChI=1S/C22H34N2O10/c1-24(2)12-5-3-11(4-6-12)20(31)23-16-19(30)18(29)15(9-25)34-21(16)33-14-8-22(32,10-26)7-13(27)17(14)28/h3-6,13-19,21,25-30,32H,7-10H2,1-2H3,(H,23,31)/t13-,14-,15-,16-,17-,18-,19-,21+,22+/m1/s1. The van der Waals surface area contributed by atoms with E-state index >= 15 is 0 Å². The van der Waals surface area contributed by atoms with Gasteiger partial charge in [-0.3, -0.25) is 4.79 Å². The van der Waals surface area contributed by atoms with E-state index in [0.29, 0.717) is 0 Å². The number of hydrogen-bond donors (Lipinski definition) is 8. The Morgan fingerprint density at radius 2 is 1.74 bits per heavy atom. The molecule has 0 aromatic heterocycles. The van der Waals surface area contributed by atoms with Gasteiger partial charge in [-0.05, 0) is 24.3 Å². The fourth-order valence-electron chi connectivity index (χ4n) is 4.26. The van der Waals surface area contributed by atoms with Crippen molar-refractivity contribution in [1.82, 2.24) is 5.32 Å². The minimum Gasteiger partial charge on any atom is -0.394 e. The second kappa shape index (κ2) is 10.8. The smallest absolute Gasteiger partial charge is 0.251 e. The lowest BCUT2D eigenvalue weighted by atomic mass is 9.80. The molecule has 1 aromatic rings. The van der Waals surface area contributed by atoms with Crippen LogP contribution in [0.15, 0.2) is 24.3 Å². The number of anilines is 1. The van der Waals surface area contributed by atoms with Crippen molar-refractivity contribution in [3.05, 3.63) is 29.8 Å². The average molecular weight is 487 g/mol. The SMILES string of the molecule is CN(C)c1ccc(C(=O)N[C@H]2[C@@H](O[C@@H]3C[C@](O)(CO)C[C@@H](O)[C@H]3O)O[C@H](CO)[C@@H](O)[C@@H]2O)cc1. The van der Waals surface area contributed by atoms with Crippen molar-refractivity contribution in [3.63, 3.8) is 0 Å². The molecule has 1 aliphatic heterocycles. The lowest BCUT2D eigenvalue weighted by Gasteiger charge is -2.46. The van der Waals surface area contributed by atoms with Crippen molar-refractivity contribution in [2.45, 2.75) is 67.4 Å². The first-order valence-corrected chi connectivity index (χ1v) is 11.0. The lowest BCUT2D eigenvalue weighted by molar-refractivity contribution is -0.302. The molecule has 8 N–H and O–H groups in total. The molecule has 2 aliphatic rings. The van der Waals surface area contributed by atoms with E-state index < -0.39 is 73.7 Å². The van der Waals surface area contributed by atoms with Gasteiger partial charge in [-0.1, -0.05) is 0 Å². The Morgan fingerprint density at radius 3 is 2.29 bits per heavy atom. The van der Waals surface area contributed by atoms with E-state index in [-0.39, 0.29) is 18.4 Å². The molecule has 2 fully saturated rings. The van der Waals surface area contributed by atoms with Crippen LogP contribution in [0.1, 0.15) is 23.2 Å². The lowest BCUT2D eigenvalue weighted by Crippen LogP contribution is -2.66. The van der Waals surface area contributed by atoms with Crippen LogP contribution in [-0.2, 0) is 9.47 Å². The highest BCUT2D eigenvalue weighted by molar-refractivity contribution is 5.94. The largest absolute Gasteiger partial charge is 0.394 e. The molecule has 0 bridgehead atoms. The van der Waals surface area contributed by atoms with Gasteiger partial charge in [-0.2, -0.15) is 0 Å². The number of nitrogens with one attached hydrogen (secondary N) is 1. The molecule has 0 unspecified atom stereocenters. The summed E-state index contributed by atoms with van der Waals surface area (Å²) in [4.78, 5) is 14.7. The molecular weight excluding hydrogens is 452 g/mol. The first-order valence-electron chi connectivity index (χ1n) is 11.0. The maximum Gasteiger partial charge on any atom is 0.251 e. The van der Waals surface area contributed by atoms with Gasteiger partial charge < -0.3 is 55.4 Å². The third-order valence-corrected chi connectivity index (χ3v) is 6.37. The Bertz CT molecular complexity index is 824. The zero-order valence-electron chi connectivity index (χ0n) is 19.1. The highest BCUT2D eigenvalue weighted by Crippen LogP contribution is 2.33. The Morgan fingerprint density at radius 1 is 1.09 bits per heavy atom. The van der Waals surface area contributed by atoms with Gasteiger partial charge in [0.15, 0.2) is 6.29 Å². The van der Waals surface area contributed by atoms with Gasteiger partial charge in [-0.25, -0.2) is 0 Å². The number of carbonyl (C=O) groups excluding carboxylic acids is 1. The van der Waals surface area contributed by atoms with Gasteiger partial charge in [0.25, 0.3) is 5.91 Å². The number of rotatable bonds is 7. The molecule has 12 nitrogen and oxygen atoms in total. The van der Waals surface area contributed by atoms with Gasteiger partial charge in [0.1, 0.15) is 30.5 Å². The van der Waals surface area contributed by atoms with Crippen LogP contribution in [0.2, 0.25) is 0 Å². The van der Waals surface area contributed by atoms with Crippen LogP contribution in [0, 0.1) is 0 Å². The minimum absolute atomic E-state index is 0.262. The fraction of sp³-hybridized carbons (Fsp3) is 0.682. The van der Waals surface area contributed by atoms with E-state index in [1.54, 1.807) is 24.3 Å². The number of nitrogens with zero attached hydrogens (tertiary/aromatic N) is 1. The third kappa shape index (κ3) is 5.67. The summed E-state index contributed by atoms with van der Waals surface area (Å²) in [7, 11) is 3.69. The van der Waals surface area contributed by atoms with E-state index in [1.807, 2.05) is 19.0 Å². The van der Waals surface area contributed by atoms with E-state index in [4.69, 9.17) is 9.47 Å². The number of aliphatic hydroxyl groups is 7. The predicted molar refractivity (Wildman–Crippen MR) is 118 cm³/mol. The molecule has 1 saturated carbocycles. The summed E-state index contributed by atoms with van der Waals surface area (Å²) in [6, 6.07) is 5.27. The molecule has 1 aromatic carbocycles. The molecule has 1 amide bonds. The van der Waals surface area contributed by atoms with Crippen molar-refractivity contribution < 1.29 is 50.0 Å². The summed E-state index contributed by atoms with van der Waals surface area (Å²) in [6.07, 6.45) is -10.5.